The Morgan fingerprint density at radius 2 is 2.45 bits per heavy atom. The van der Waals surface area contributed by atoms with Gasteiger partial charge in [-0.1, -0.05) is 12.1 Å². The smallest absolute Gasteiger partial charge is 0.171 e. The number of hydrogen-bond acceptors (Lipinski definition) is 5. The van der Waals surface area contributed by atoms with Crippen molar-refractivity contribution >= 4 is 11.7 Å². The van der Waals surface area contributed by atoms with E-state index in [1.165, 1.54) is 0 Å². The lowest BCUT2D eigenvalue weighted by Crippen LogP contribution is -2.40. The molecule has 1 aromatic heterocycles. The van der Waals surface area contributed by atoms with Gasteiger partial charge in [0.1, 0.15) is 5.82 Å². The molecule has 1 unspecified atom stereocenters. The standard InChI is InChI=1S/C14H22N4O2/c1-2-8-20-12-4-3-7-18(10-12)13-6-5-11(9-16-13)14(15)17-19/h5-6,9,12,19H,2-4,7-8,10H2,1H3,(H2,15,17). The van der Waals surface area contributed by atoms with E-state index in [1.54, 1.807) is 6.20 Å². The molecule has 20 heavy (non-hydrogen) atoms. The van der Waals surface area contributed by atoms with Crippen LogP contribution in [0.4, 0.5) is 5.82 Å². The minimum absolute atomic E-state index is 0.0758. The Morgan fingerprint density at radius 1 is 1.60 bits per heavy atom. The molecule has 1 atom stereocenters. The summed E-state index contributed by atoms with van der Waals surface area (Å²) in [5, 5.41) is 11.6. The minimum atomic E-state index is 0.0758. The largest absolute Gasteiger partial charge is 0.409 e. The van der Waals surface area contributed by atoms with Gasteiger partial charge in [-0.2, -0.15) is 0 Å². The second kappa shape index (κ2) is 7.09. The Labute approximate surface area is 119 Å². The van der Waals surface area contributed by atoms with Crippen molar-refractivity contribution in [2.45, 2.75) is 32.3 Å². The molecule has 110 valence electrons. The van der Waals surface area contributed by atoms with Crippen LogP contribution in [0.25, 0.3) is 0 Å². The zero-order valence-corrected chi connectivity index (χ0v) is 11.8. The van der Waals surface area contributed by atoms with Crippen molar-refractivity contribution < 1.29 is 9.94 Å². The third-order valence-corrected chi connectivity index (χ3v) is 3.41. The average molecular weight is 278 g/mol. The highest BCUT2D eigenvalue weighted by Gasteiger charge is 2.21. The molecule has 2 heterocycles. The summed E-state index contributed by atoms with van der Waals surface area (Å²) >= 11 is 0. The maximum atomic E-state index is 8.63. The molecule has 6 heteroatoms. The molecule has 0 spiro atoms. The van der Waals surface area contributed by atoms with Gasteiger partial charge in [-0.05, 0) is 31.4 Å². The van der Waals surface area contributed by atoms with Crippen LogP contribution in [0.1, 0.15) is 31.7 Å². The predicted molar refractivity (Wildman–Crippen MR) is 78.2 cm³/mol. The zero-order valence-electron chi connectivity index (χ0n) is 11.8. The van der Waals surface area contributed by atoms with Crippen LogP contribution in [-0.4, -0.2) is 41.8 Å². The first kappa shape index (κ1) is 14.6. The molecule has 1 saturated heterocycles. The van der Waals surface area contributed by atoms with Crippen LogP contribution in [0.5, 0.6) is 0 Å². The van der Waals surface area contributed by atoms with E-state index >= 15 is 0 Å². The fraction of sp³-hybridized carbons (Fsp3) is 0.571. The first-order valence-corrected chi connectivity index (χ1v) is 7.05. The van der Waals surface area contributed by atoms with Gasteiger partial charge in [0.05, 0.1) is 6.10 Å². The lowest BCUT2D eigenvalue weighted by Gasteiger charge is -2.33. The Bertz CT molecular complexity index is 447. The number of pyridine rings is 1. The number of oxime groups is 1. The summed E-state index contributed by atoms with van der Waals surface area (Å²) in [6.07, 6.45) is 5.18. The highest BCUT2D eigenvalue weighted by molar-refractivity contribution is 5.96. The summed E-state index contributed by atoms with van der Waals surface area (Å²) in [7, 11) is 0. The van der Waals surface area contributed by atoms with Gasteiger partial charge >= 0.3 is 0 Å². The summed E-state index contributed by atoms with van der Waals surface area (Å²) in [5.41, 5.74) is 6.14. The lowest BCUT2D eigenvalue weighted by molar-refractivity contribution is 0.0439. The quantitative estimate of drug-likeness (QED) is 0.370. The number of anilines is 1. The van der Waals surface area contributed by atoms with Crippen LogP contribution in [-0.2, 0) is 4.74 Å². The maximum Gasteiger partial charge on any atom is 0.171 e. The topological polar surface area (TPSA) is 84.0 Å². The SMILES string of the molecule is CCCOC1CCCN(c2ccc(C(N)=NO)cn2)C1. The molecular formula is C14H22N4O2. The van der Waals surface area contributed by atoms with Gasteiger partial charge in [-0.15, -0.1) is 0 Å². The lowest BCUT2D eigenvalue weighted by atomic mass is 10.1. The van der Waals surface area contributed by atoms with Gasteiger partial charge in [0, 0.05) is 31.5 Å². The zero-order chi connectivity index (χ0) is 14.4. The van der Waals surface area contributed by atoms with E-state index in [0.29, 0.717) is 5.56 Å². The van der Waals surface area contributed by atoms with Crippen LogP contribution in [0.15, 0.2) is 23.5 Å². The van der Waals surface area contributed by atoms with Crippen molar-refractivity contribution in [3.63, 3.8) is 0 Å². The van der Waals surface area contributed by atoms with Crippen molar-refractivity contribution in [1.29, 1.82) is 0 Å². The summed E-state index contributed by atoms with van der Waals surface area (Å²) in [4.78, 5) is 6.61. The van der Waals surface area contributed by atoms with Gasteiger partial charge in [0.15, 0.2) is 5.84 Å². The molecule has 0 aromatic carbocycles. The molecule has 0 radical (unpaired) electrons. The normalized spacial score (nSPS) is 20.1. The number of ether oxygens (including phenoxy) is 1. The highest BCUT2D eigenvalue weighted by Crippen LogP contribution is 2.19. The van der Waals surface area contributed by atoms with Gasteiger partial charge in [0.2, 0.25) is 0 Å². The molecular weight excluding hydrogens is 256 g/mol. The minimum Gasteiger partial charge on any atom is -0.409 e. The van der Waals surface area contributed by atoms with Crippen molar-refractivity contribution in [2.24, 2.45) is 10.9 Å². The highest BCUT2D eigenvalue weighted by atomic mass is 16.5. The van der Waals surface area contributed by atoms with Crippen LogP contribution in [0, 0.1) is 0 Å². The van der Waals surface area contributed by atoms with Gasteiger partial charge in [-0.3, -0.25) is 0 Å². The van der Waals surface area contributed by atoms with E-state index in [1.807, 2.05) is 12.1 Å². The predicted octanol–water partition coefficient (Wildman–Crippen LogP) is 1.57. The summed E-state index contributed by atoms with van der Waals surface area (Å²) in [6.45, 7) is 4.79. The van der Waals surface area contributed by atoms with E-state index < -0.39 is 0 Å². The van der Waals surface area contributed by atoms with Crippen LogP contribution >= 0.6 is 0 Å². The van der Waals surface area contributed by atoms with Crippen LogP contribution < -0.4 is 10.6 Å². The maximum absolute atomic E-state index is 8.63. The number of rotatable bonds is 5. The number of hydrogen-bond donors (Lipinski definition) is 2. The number of piperidine rings is 1. The Hall–Kier alpha value is -1.82. The van der Waals surface area contributed by atoms with Crippen LogP contribution in [0.3, 0.4) is 0 Å². The number of amidine groups is 1. The number of nitrogens with two attached hydrogens (primary N) is 1. The van der Waals surface area contributed by atoms with Crippen LogP contribution in [0.2, 0.25) is 0 Å². The van der Waals surface area contributed by atoms with E-state index in [-0.39, 0.29) is 11.9 Å². The second-order valence-electron chi connectivity index (χ2n) is 4.97. The first-order valence-electron chi connectivity index (χ1n) is 7.05. The molecule has 0 aliphatic carbocycles. The Kier molecular flexibility index (Phi) is 5.17. The molecule has 0 saturated carbocycles. The molecule has 1 aromatic rings. The van der Waals surface area contributed by atoms with Gasteiger partial charge in [0.25, 0.3) is 0 Å². The van der Waals surface area contributed by atoms with E-state index in [0.717, 1.165) is 44.8 Å². The molecule has 1 fully saturated rings. The molecule has 1 aliphatic heterocycles. The second-order valence-corrected chi connectivity index (χ2v) is 4.97. The average Bonchev–Trinajstić information content (AvgIpc) is 2.52. The van der Waals surface area contributed by atoms with Gasteiger partial charge < -0.3 is 20.6 Å². The molecule has 1 aliphatic rings. The molecule has 0 bridgehead atoms. The van der Waals surface area contributed by atoms with Crippen molar-refractivity contribution in [1.82, 2.24) is 4.98 Å². The third-order valence-electron chi connectivity index (χ3n) is 3.41. The molecule has 2 rings (SSSR count). The molecule has 3 N–H and O–H groups in total. The molecule has 0 amide bonds. The summed E-state index contributed by atoms with van der Waals surface area (Å²) in [5.74, 6) is 0.983. The van der Waals surface area contributed by atoms with Crippen molar-refractivity contribution in [3.8, 4) is 0 Å². The monoisotopic (exact) mass is 278 g/mol. The first-order chi connectivity index (χ1) is 9.74. The summed E-state index contributed by atoms with van der Waals surface area (Å²) in [6, 6.07) is 3.71. The Balaban J connectivity index is 2.00. The van der Waals surface area contributed by atoms with Gasteiger partial charge in [-0.25, -0.2) is 4.98 Å². The van der Waals surface area contributed by atoms with Crippen molar-refractivity contribution in [2.75, 3.05) is 24.6 Å². The van der Waals surface area contributed by atoms with E-state index in [9.17, 15) is 0 Å². The fourth-order valence-corrected chi connectivity index (χ4v) is 2.35. The molecule has 6 nitrogen and oxygen atoms in total. The Morgan fingerprint density at radius 3 is 3.10 bits per heavy atom. The van der Waals surface area contributed by atoms with E-state index in [2.05, 4.69) is 22.0 Å². The number of nitrogens with zero attached hydrogens (tertiary/aromatic N) is 3. The summed E-state index contributed by atoms with van der Waals surface area (Å²) < 4.78 is 5.82. The van der Waals surface area contributed by atoms with E-state index in [4.69, 9.17) is 15.7 Å². The number of aromatic nitrogens is 1. The fourth-order valence-electron chi connectivity index (χ4n) is 2.35. The van der Waals surface area contributed by atoms with Crippen molar-refractivity contribution in [3.05, 3.63) is 23.9 Å². The third kappa shape index (κ3) is 3.60.